The van der Waals surface area contributed by atoms with Crippen LogP contribution in [0, 0.1) is 13.8 Å². The zero-order valence-corrected chi connectivity index (χ0v) is 14.1. The Bertz CT molecular complexity index is 675. The monoisotopic (exact) mass is 306 g/mol. The number of aryl methyl sites for hydroxylation is 2. The molecular formula is C21H26N2. The van der Waals surface area contributed by atoms with E-state index < -0.39 is 0 Å². The maximum atomic E-state index is 4.25. The Labute approximate surface area is 139 Å². The highest BCUT2D eigenvalue weighted by molar-refractivity contribution is 5.31. The second-order valence-electron chi connectivity index (χ2n) is 6.64. The van der Waals surface area contributed by atoms with Crippen LogP contribution in [0.25, 0.3) is 0 Å². The van der Waals surface area contributed by atoms with E-state index in [9.17, 15) is 0 Å². The summed E-state index contributed by atoms with van der Waals surface area (Å²) >= 11 is 0. The Hall–Kier alpha value is -2.06. The van der Waals surface area contributed by atoms with Gasteiger partial charge in [0, 0.05) is 18.3 Å². The van der Waals surface area contributed by atoms with E-state index in [0.29, 0.717) is 12.1 Å². The van der Waals surface area contributed by atoms with Gasteiger partial charge in [-0.25, -0.2) is 0 Å². The Kier molecular flexibility index (Phi) is 4.82. The first kappa shape index (κ1) is 15.8. The first-order chi connectivity index (χ1) is 11.1. The molecule has 2 nitrogen and oxygen atoms in total. The van der Waals surface area contributed by atoms with Crippen LogP contribution in [0.1, 0.15) is 22.3 Å². The summed E-state index contributed by atoms with van der Waals surface area (Å²) in [5.41, 5.74) is 6.56. The maximum Gasteiger partial charge on any atom is 0.0505 e. The van der Waals surface area contributed by atoms with Crippen molar-refractivity contribution in [2.45, 2.75) is 38.8 Å². The quantitative estimate of drug-likeness (QED) is 0.903. The number of piperazine rings is 1. The Morgan fingerprint density at radius 3 is 2.43 bits per heavy atom. The van der Waals surface area contributed by atoms with Crippen molar-refractivity contribution >= 4 is 0 Å². The Balaban J connectivity index is 1.58. The summed E-state index contributed by atoms with van der Waals surface area (Å²) in [5, 5.41) is 7.26. The van der Waals surface area contributed by atoms with Crippen molar-refractivity contribution in [3.8, 4) is 0 Å². The largest absolute Gasteiger partial charge is 0.383 e. The lowest BCUT2D eigenvalue weighted by Crippen LogP contribution is -2.53. The van der Waals surface area contributed by atoms with Crippen LogP contribution in [0.3, 0.4) is 0 Å². The van der Waals surface area contributed by atoms with Crippen LogP contribution in [0.4, 0.5) is 0 Å². The van der Waals surface area contributed by atoms with E-state index in [1.54, 1.807) is 0 Å². The van der Waals surface area contributed by atoms with Crippen LogP contribution in [0.5, 0.6) is 0 Å². The van der Waals surface area contributed by atoms with Crippen molar-refractivity contribution < 1.29 is 0 Å². The van der Waals surface area contributed by atoms with Crippen molar-refractivity contribution in [3.05, 3.63) is 83.1 Å². The fourth-order valence-electron chi connectivity index (χ4n) is 3.20. The second kappa shape index (κ2) is 7.01. The summed E-state index contributed by atoms with van der Waals surface area (Å²) in [6, 6.07) is 18.1. The van der Waals surface area contributed by atoms with Gasteiger partial charge in [0.1, 0.15) is 0 Å². The molecule has 23 heavy (non-hydrogen) atoms. The summed E-state index contributed by atoms with van der Waals surface area (Å²) in [6.45, 7) is 9.56. The third-order valence-corrected chi connectivity index (χ3v) is 4.76. The molecule has 2 heteroatoms. The smallest absolute Gasteiger partial charge is 0.0505 e. The summed E-state index contributed by atoms with van der Waals surface area (Å²) in [4.78, 5) is 0. The lowest BCUT2D eigenvalue weighted by atomic mass is 9.96. The molecule has 1 fully saturated rings. The molecule has 2 aromatic rings. The molecule has 0 amide bonds. The molecule has 1 heterocycles. The van der Waals surface area contributed by atoms with Crippen LogP contribution in [-0.4, -0.2) is 18.6 Å². The molecule has 1 saturated heterocycles. The number of benzene rings is 2. The number of rotatable bonds is 4. The van der Waals surface area contributed by atoms with Gasteiger partial charge in [-0.2, -0.15) is 0 Å². The topological polar surface area (TPSA) is 24.1 Å². The van der Waals surface area contributed by atoms with Crippen molar-refractivity contribution in [1.29, 1.82) is 0 Å². The highest BCUT2D eigenvalue weighted by Crippen LogP contribution is 2.16. The Morgan fingerprint density at radius 1 is 0.957 bits per heavy atom. The zero-order valence-electron chi connectivity index (χ0n) is 14.1. The van der Waals surface area contributed by atoms with E-state index in [2.05, 4.69) is 79.6 Å². The van der Waals surface area contributed by atoms with E-state index in [-0.39, 0.29) is 0 Å². The molecular weight excluding hydrogens is 280 g/mol. The fourth-order valence-corrected chi connectivity index (χ4v) is 3.20. The Morgan fingerprint density at radius 2 is 1.74 bits per heavy atom. The molecule has 1 aliphatic rings. The van der Waals surface area contributed by atoms with E-state index in [0.717, 1.165) is 25.1 Å². The molecule has 1 aliphatic heterocycles. The van der Waals surface area contributed by atoms with Gasteiger partial charge in [0.25, 0.3) is 0 Å². The van der Waals surface area contributed by atoms with E-state index >= 15 is 0 Å². The third kappa shape index (κ3) is 4.02. The molecule has 2 atom stereocenters. The lowest BCUT2D eigenvalue weighted by Gasteiger charge is -2.34. The number of nitrogens with one attached hydrogen (secondary N) is 2. The molecule has 0 spiro atoms. The minimum Gasteiger partial charge on any atom is -0.383 e. The predicted octanol–water partition coefficient (Wildman–Crippen LogP) is 3.53. The molecule has 2 aromatic carbocycles. The second-order valence-corrected chi connectivity index (χ2v) is 6.64. The molecule has 120 valence electrons. The lowest BCUT2D eigenvalue weighted by molar-refractivity contribution is 0.395. The van der Waals surface area contributed by atoms with Gasteiger partial charge in [0.05, 0.1) is 6.04 Å². The van der Waals surface area contributed by atoms with Gasteiger partial charge in [-0.1, -0.05) is 55.1 Å². The summed E-state index contributed by atoms with van der Waals surface area (Å²) < 4.78 is 0. The maximum absolute atomic E-state index is 4.25. The van der Waals surface area contributed by atoms with E-state index in [4.69, 9.17) is 0 Å². The molecule has 0 bridgehead atoms. The van der Waals surface area contributed by atoms with Gasteiger partial charge in [-0.15, -0.1) is 0 Å². The van der Waals surface area contributed by atoms with Gasteiger partial charge < -0.3 is 10.6 Å². The molecule has 2 N–H and O–H groups in total. The first-order valence-corrected chi connectivity index (χ1v) is 8.40. The van der Waals surface area contributed by atoms with Gasteiger partial charge in [-0.05, 0) is 48.9 Å². The zero-order chi connectivity index (χ0) is 16.2. The SMILES string of the molecule is C=C1NC(Cc2ccccc2)CNC1Cc1ccc(C)c(C)c1. The standard InChI is InChI=1S/C21H26N2/c1-15-9-10-19(11-16(15)2)13-21-17(3)23-20(14-22-21)12-18-7-5-4-6-8-18/h4-11,20-23H,3,12-14H2,1-2H3. The van der Waals surface area contributed by atoms with Gasteiger partial charge >= 0.3 is 0 Å². The molecule has 3 rings (SSSR count). The predicted molar refractivity (Wildman–Crippen MR) is 97.6 cm³/mol. The van der Waals surface area contributed by atoms with Crippen LogP contribution < -0.4 is 10.6 Å². The molecule has 0 aliphatic carbocycles. The summed E-state index contributed by atoms with van der Waals surface area (Å²) in [6.07, 6.45) is 2.02. The van der Waals surface area contributed by atoms with Gasteiger partial charge in [0.15, 0.2) is 0 Å². The minimum absolute atomic E-state index is 0.309. The van der Waals surface area contributed by atoms with Crippen molar-refractivity contribution in [2.24, 2.45) is 0 Å². The van der Waals surface area contributed by atoms with Gasteiger partial charge in [-0.3, -0.25) is 0 Å². The molecule has 2 unspecified atom stereocenters. The first-order valence-electron chi connectivity index (χ1n) is 8.40. The fraction of sp³-hybridized carbons (Fsp3) is 0.333. The van der Waals surface area contributed by atoms with Crippen LogP contribution in [0.2, 0.25) is 0 Å². The minimum atomic E-state index is 0.309. The van der Waals surface area contributed by atoms with Gasteiger partial charge in [0.2, 0.25) is 0 Å². The summed E-state index contributed by atoms with van der Waals surface area (Å²) in [5.74, 6) is 0. The summed E-state index contributed by atoms with van der Waals surface area (Å²) in [7, 11) is 0. The van der Waals surface area contributed by atoms with E-state index in [1.807, 2.05) is 0 Å². The van der Waals surface area contributed by atoms with Crippen LogP contribution >= 0.6 is 0 Å². The third-order valence-electron chi connectivity index (χ3n) is 4.76. The normalized spacial score (nSPS) is 21.0. The van der Waals surface area contributed by atoms with Crippen molar-refractivity contribution in [2.75, 3.05) is 6.54 Å². The number of hydrogen-bond donors (Lipinski definition) is 2. The average Bonchev–Trinajstić information content (AvgIpc) is 2.54. The molecule has 0 aromatic heterocycles. The van der Waals surface area contributed by atoms with E-state index in [1.165, 1.54) is 22.3 Å². The van der Waals surface area contributed by atoms with Crippen LogP contribution in [-0.2, 0) is 12.8 Å². The molecule has 0 radical (unpaired) electrons. The number of hydrogen-bond acceptors (Lipinski definition) is 2. The highest BCUT2D eigenvalue weighted by Gasteiger charge is 2.23. The van der Waals surface area contributed by atoms with Crippen molar-refractivity contribution in [3.63, 3.8) is 0 Å². The van der Waals surface area contributed by atoms with Crippen LogP contribution in [0.15, 0.2) is 60.8 Å². The molecule has 0 saturated carbocycles. The average molecular weight is 306 g/mol. The van der Waals surface area contributed by atoms with Crippen molar-refractivity contribution in [1.82, 2.24) is 10.6 Å². The highest BCUT2D eigenvalue weighted by atomic mass is 15.1.